The number of nitrogens with zero attached hydrogens (tertiary/aromatic N) is 1. The molecule has 0 aliphatic carbocycles. The summed E-state index contributed by atoms with van der Waals surface area (Å²) >= 11 is 7.05. The van der Waals surface area contributed by atoms with Crippen LogP contribution in [-0.2, 0) is 22.6 Å². The highest BCUT2D eigenvalue weighted by Crippen LogP contribution is 2.29. The minimum absolute atomic E-state index is 0.157. The van der Waals surface area contributed by atoms with E-state index in [0.29, 0.717) is 31.2 Å². The summed E-state index contributed by atoms with van der Waals surface area (Å²) in [6.07, 6.45) is 2.27. The van der Waals surface area contributed by atoms with Gasteiger partial charge in [-0.1, -0.05) is 91.7 Å². The number of unbranched alkanes of at least 4 members (excludes halogenated alkanes) is 1. The molecule has 38 heavy (non-hydrogen) atoms. The average molecular weight is 644 g/mol. The van der Waals surface area contributed by atoms with Crippen LogP contribution in [0.5, 0.6) is 5.75 Å². The van der Waals surface area contributed by atoms with Gasteiger partial charge in [0.25, 0.3) is 5.91 Å². The van der Waals surface area contributed by atoms with Crippen LogP contribution in [0.2, 0.25) is 0 Å². The van der Waals surface area contributed by atoms with Gasteiger partial charge in [0.1, 0.15) is 11.8 Å². The zero-order chi connectivity index (χ0) is 27.5. The van der Waals surface area contributed by atoms with Gasteiger partial charge >= 0.3 is 0 Å². The lowest BCUT2D eigenvalue weighted by molar-refractivity contribution is -0.142. The number of ether oxygens (including phenoxy) is 1. The quantitative estimate of drug-likeness (QED) is 0.199. The fourth-order valence-corrected chi connectivity index (χ4v) is 4.84. The molecule has 1 unspecified atom stereocenters. The van der Waals surface area contributed by atoms with Gasteiger partial charge in [0.15, 0.2) is 6.61 Å². The van der Waals surface area contributed by atoms with E-state index in [1.54, 1.807) is 4.90 Å². The summed E-state index contributed by atoms with van der Waals surface area (Å²) in [5.74, 6) is 0.571. The van der Waals surface area contributed by atoms with E-state index >= 15 is 0 Å². The topological polar surface area (TPSA) is 58.6 Å². The van der Waals surface area contributed by atoms with Gasteiger partial charge in [0.2, 0.25) is 5.91 Å². The lowest BCUT2D eigenvalue weighted by Gasteiger charge is -2.31. The lowest BCUT2D eigenvalue weighted by atomic mass is 10.0. The third-order valence-corrected chi connectivity index (χ3v) is 7.49. The third kappa shape index (κ3) is 8.98. The van der Waals surface area contributed by atoms with Crippen molar-refractivity contribution >= 4 is 43.7 Å². The van der Waals surface area contributed by atoms with E-state index in [2.05, 4.69) is 57.9 Å². The summed E-state index contributed by atoms with van der Waals surface area (Å²) < 4.78 is 7.73. The minimum atomic E-state index is -0.680. The van der Waals surface area contributed by atoms with Crippen LogP contribution < -0.4 is 10.1 Å². The van der Waals surface area contributed by atoms with Gasteiger partial charge in [-0.15, -0.1) is 0 Å². The van der Waals surface area contributed by atoms with Crippen molar-refractivity contribution in [2.24, 2.45) is 0 Å². The predicted octanol–water partition coefficient (Wildman–Crippen LogP) is 7.27. The molecule has 0 spiro atoms. The Bertz CT molecular complexity index is 1180. The molecule has 3 rings (SSSR count). The van der Waals surface area contributed by atoms with E-state index in [4.69, 9.17) is 4.74 Å². The van der Waals surface area contributed by atoms with E-state index in [9.17, 15) is 9.59 Å². The number of halogens is 2. The number of hydrogen-bond acceptors (Lipinski definition) is 3. The van der Waals surface area contributed by atoms with E-state index in [1.165, 1.54) is 5.56 Å². The zero-order valence-corrected chi connectivity index (χ0v) is 25.4. The van der Waals surface area contributed by atoms with Crippen molar-refractivity contribution in [2.45, 2.75) is 58.5 Å². The third-order valence-electron chi connectivity index (χ3n) is 6.34. The van der Waals surface area contributed by atoms with Crippen LogP contribution in [0.1, 0.15) is 56.2 Å². The number of carbonyl (C=O) groups is 2. The van der Waals surface area contributed by atoms with Crippen molar-refractivity contribution < 1.29 is 14.3 Å². The van der Waals surface area contributed by atoms with Gasteiger partial charge < -0.3 is 15.0 Å². The fourth-order valence-electron chi connectivity index (χ4n) is 4.06. The number of hydrogen-bond donors (Lipinski definition) is 1. The number of amides is 2. The molecule has 0 fully saturated rings. The van der Waals surface area contributed by atoms with Crippen LogP contribution in [0.15, 0.2) is 81.7 Å². The van der Waals surface area contributed by atoms with Crippen LogP contribution >= 0.6 is 31.9 Å². The minimum Gasteiger partial charge on any atom is -0.483 e. The molecule has 3 aromatic carbocycles. The molecular formula is C31H36Br2N2O3. The first-order chi connectivity index (χ1) is 18.3. The van der Waals surface area contributed by atoms with Crippen molar-refractivity contribution in [1.82, 2.24) is 10.2 Å². The normalized spacial score (nSPS) is 11.7. The Kier molecular flexibility index (Phi) is 11.9. The number of nitrogens with one attached hydrogen (secondary N) is 1. The maximum atomic E-state index is 13.7. The van der Waals surface area contributed by atoms with E-state index < -0.39 is 6.04 Å². The second kappa shape index (κ2) is 15.1. The van der Waals surface area contributed by atoms with Gasteiger partial charge in [-0.25, -0.2) is 0 Å². The van der Waals surface area contributed by atoms with Crippen molar-refractivity contribution in [3.05, 3.63) is 98.4 Å². The molecule has 0 saturated carbocycles. The smallest absolute Gasteiger partial charge is 0.261 e. The summed E-state index contributed by atoms with van der Waals surface area (Å²) in [4.78, 5) is 28.9. The maximum Gasteiger partial charge on any atom is 0.261 e. The average Bonchev–Trinajstić information content (AvgIpc) is 2.91. The van der Waals surface area contributed by atoms with Crippen LogP contribution in [0.3, 0.4) is 0 Å². The Balaban J connectivity index is 1.88. The van der Waals surface area contributed by atoms with Crippen LogP contribution in [-0.4, -0.2) is 35.9 Å². The van der Waals surface area contributed by atoms with E-state index in [1.807, 2.05) is 72.8 Å². The molecule has 7 heteroatoms. The summed E-state index contributed by atoms with van der Waals surface area (Å²) in [6, 6.07) is 22.8. The first kappa shape index (κ1) is 29.9. The Morgan fingerprint density at radius 2 is 1.66 bits per heavy atom. The summed E-state index contributed by atoms with van der Waals surface area (Å²) in [6.45, 7) is 7.03. The highest BCUT2D eigenvalue weighted by atomic mass is 79.9. The van der Waals surface area contributed by atoms with Gasteiger partial charge in [0.05, 0.1) is 4.47 Å². The van der Waals surface area contributed by atoms with Crippen LogP contribution in [0.4, 0.5) is 0 Å². The standard InChI is InChI=1S/C31H36Br2N2O3/c1-4-5-17-34-31(37)28(18-23-9-7-6-8-10-23)35(20-24-11-14-26(32)15-12-24)30(36)21-38-29-16-13-25(22(2)3)19-27(29)33/h6-16,19,22,28H,4-5,17-18,20-21H2,1-3H3,(H,34,37). The van der Waals surface area contributed by atoms with Crippen LogP contribution in [0, 0.1) is 0 Å². The summed E-state index contributed by atoms with van der Waals surface area (Å²) in [5.41, 5.74) is 3.10. The maximum absolute atomic E-state index is 13.7. The summed E-state index contributed by atoms with van der Waals surface area (Å²) in [5, 5.41) is 3.05. The summed E-state index contributed by atoms with van der Waals surface area (Å²) in [7, 11) is 0. The van der Waals surface area contributed by atoms with Gasteiger partial charge in [-0.05, 0) is 69.2 Å². The highest BCUT2D eigenvalue weighted by molar-refractivity contribution is 9.10. The SMILES string of the molecule is CCCCNC(=O)C(Cc1ccccc1)N(Cc1ccc(Br)cc1)C(=O)COc1ccc(C(C)C)cc1Br. The Morgan fingerprint density at radius 3 is 2.29 bits per heavy atom. The highest BCUT2D eigenvalue weighted by Gasteiger charge is 2.30. The van der Waals surface area contributed by atoms with E-state index in [-0.39, 0.29) is 18.4 Å². The first-order valence-electron chi connectivity index (χ1n) is 13.1. The fraction of sp³-hybridized carbons (Fsp3) is 0.355. The lowest BCUT2D eigenvalue weighted by Crippen LogP contribution is -2.51. The van der Waals surface area contributed by atoms with Crippen molar-refractivity contribution in [2.75, 3.05) is 13.2 Å². The predicted molar refractivity (Wildman–Crippen MR) is 160 cm³/mol. The first-order valence-corrected chi connectivity index (χ1v) is 14.6. The molecule has 202 valence electrons. The number of benzene rings is 3. The second-order valence-electron chi connectivity index (χ2n) is 9.63. The Morgan fingerprint density at radius 1 is 0.947 bits per heavy atom. The van der Waals surface area contributed by atoms with Crippen LogP contribution in [0.25, 0.3) is 0 Å². The molecule has 3 aromatic rings. The van der Waals surface area contributed by atoms with Gasteiger partial charge in [0, 0.05) is 24.0 Å². The van der Waals surface area contributed by atoms with Crippen molar-refractivity contribution in [3.63, 3.8) is 0 Å². The molecule has 2 amide bonds. The number of carbonyl (C=O) groups excluding carboxylic acids is 2. The molecular weight excluding hydrogens is 608 g/mol. The van der Waals surface area contributed by atoms with E-state index in [0.717, 1.165) is 32.9 Å². The molecule has 1 N–H and O–H groups in total. The number of rotatable bonds is 13. The molecule has 0 aliphatic heterocycles. The monoisotopic (exact) mass is 642 g/mol. The molecule has 0 aliphatic rings. The zero-order valence-electron chi connectivity index (χ0n) is 22.3. The molecule has 0 aromatic heterocycles. The second-order valence-corrected chi connectivity index (χ2v) is 11.4. The van der Waals surface area contributed by atoms with Crippen molar-refractivity contribution in [1.29, 1.82) is 0 Å². The molecule has 0 radical (unpaired) electrons. The van der Waals surface area contributed by atoms with Gasteiger partial charge in [-0.3, -0.25) is 9.59 Å². The molecule has 0 bridgehead atoms. The molecule has 0 saturated heterocycles. The molecule has 0 heterocycles. The molecule has 1 atom stereocenters. The van der Waals surface area contributed by atoms with Crippen molar-refractivity contribution in [3.8, 4) is 5.75 Å². The Labute approximate surface area is 243 Å². The molecule has 5 nitrogen and oxygen atoms in total. The van der Waals surface area contributed by atoms with Gasteiger partial charge in [-0.2, -0.15) is 0 Å². The Hall–Kier alpha value is -2.64. The largest absolute Gasteiger partial charge is 0.483 e.